The minimum atomic E-state index is -0.384. The van der Waals surface area contributed by atoms with Crippen molar-refractivity contribution >= 4 is 17.8 Å². The molecule has 1 aromatic rings. The summed E-state index contributed by atoms with van der Waals surface area (Å²) in [6.45, 7) is 5.29. The molecule has 2 rings (SSSR count). The fourth-order valence-electron chi connectivity index (χ4n) is 2.98. The Morgan fingerprint density at radius 3 is 2.83 bits per heavy atom. The molecule has 0 spiro atoms. The summed E-state index contributed by atoms with van der Waals surface area (Å²) in [5.74, 6) is 2.27. The first-order chi connectivity index (χ1) is 11.1. The van der Waals surface area contributed by atoms with Gasteiger partial charge in [-0.1, -0.05) is 30.3 Å². The van der Waals surface area contributed by atoms with Gasteiger partial charge in [-0.15, -0.1) is 0 Å². The summed E-state index contributed by atoms with van der Waals surface area (Å²) in [5, 5.41) is 12.8. The second-order valence-corrected chi connectivity index (χ2v) is 7.55. The van der Waals surface area contributed by atoms with Crippen molar-refractivity contribution in [3.8, 4) is 0 Å². The van der Waals surface area contributed by atoms with Crippen molar-refractivity contribution in [2.45, 2.75) is 44.8 Å². The molecule has 4 nitrogen and oxygen atoms in total. The molecule has 5 heteroatoms. The van der Waals surface area contributed by atoms with E-state index in [9.17, 15) is 9.90 Å². The van der Waals surface area contributed by atoms with E-state index in [2.05, 4.69) is 24.4 Å². The maximum Gasteiger partial charge on any atom is 0.317 e. The number of hydrogen-bond donors (Lipinski definition) is 2. The second kappa shape index (κ2) is 9.18. The van der Waals surface area contributed by atoms with Crippen LogP contribution in [0.1, 0.15) is 38.2 Å². The van der Waals surface area contributed by atoms with Crippen LogP contribution >= 0.6 is 11.8 Å². The van der Waals surface area contributed by atoms with Crippen LogP contribution in [0.5, 0.6) is 0 Å². The van der Waals surface area contributed by atoms with Gasteiger partial charge in [0.05, 0.1) is 6.10 Å². The lowest BCUT2D eigenvalue weighted by molar-refractivity contribution is 0.167. The van der Waals surface area contributed by atoms with E-state index in [1.54, 1.807) is 6.92 Å². The van der Waals surface area contributed by atoms with Gasteiger partial charge in [0.2, 0.25) is 0 Å². The molecule has 1 aliphatic rings. The predicted octanol–water partition coefficient (Wildman–Crippen LogP) is 3.08. The number of hydrogen-bond acceptors (Lipinski definition) is 3. The Bertz CT molecular complexity index is 481. The van der Waals surface area contributed by atoms with Crippen LogP contribution in [0.2, 0.25) is 0 Å². The third kappa shape index (κ3) is 5.74. The first kappa shape index (κ1) is 18.1. The van der Waals surface area contributed by atoms with Crippen LogP contribution in [0.4, 0.5) is 4.79 Å². The van der Waals surface area contributed by atoms with Gasteiger partial charge in [-0.2, -0.15) is 11.8 Å². The molecule has 0 aliphatic carbocycles. The van der Waals surface area contributed by atoms with Crippen molar-refractivity contribution in [1.29, 1.82) is 0 Å². The summed E-state index contributed by atoms with van der Waals surface area (Å²) in [6, 6.07) is 10.4. The maximum atomic E-state index is 12.5. The molecule has 3 unspecified atom stereocenters. The van der Waals surface area contributed by atoms with Gasteiger partial charge in [0.15, 0.2) is 0 Å². The molecule has 0 radical (unpaired) electrons. The van der Waals surface area contributed by atoms with Gasteiger partial charge >= 0.3 is 6.03 Å². The molecular weight excluding hydrogens is 308 g/mol. The number of aliphatic hydroxyl groups is 1. The third-order valence-corrected chi connectivity index (χ3v) is 5.34. The lowest BCUT2D eigenvalue weighted by Crippen LogP contribution is -2.46. The molecule has 2 amide bonds. The number of aliphatic hydroxyl groups excluding tert-OH is 1. The average molecular weight is 337 g/mol. The van der Waals surface area contributed by atoms with Crippen LogP contribution in [0, 0.1) is 0 Å². The quantitative estimate of drug-likeness (QED) is 0.869. The highest BCUT2D eigenvalue weighted by Crippen LogP contribution is 2.21. The van der Waals surface area contributed by atoms with E-state index in [1.165, 1.54) is 0 Å². The first-order valence-electron chi connectivity index (χ1n) is 8.43. The highest BCUT2D eigenvalue weighted by molar-refractivity contribution is 7.99. The highest BCUT2D eigenvalue weighted by atomic mass is 32.2. The predicted molar refractivity (Wildman–Crippen MR) is 97.0 cm³/mol. The van der Waals surface area contributed by atoms with E-state index in [-0.39, 0.29) is 24.1 Å². The SMILES string of the molecule is CC(O)CC(CNC(=O)N1CCSCCC1C)c1ccccc1. The zero-order valence-corrected chi connectivity index (χ0v) is 14.9. The van der Waals surface area contributed by atoms with E-state index in [1.807, 2.05) is 34.9 Å². The normalized spacial score (nSPS) is 21.3. The molecular formula is C18H28N2O2S. The van der Waals surface area contributed by atoms with Crippen LogP contribution in [0.15, 0.2) is 30.3 Å². The summed E-state index contributed by atoms with van der Waals surface area (Å²) in [5.41, 5.74) is 1.16. The van der Waals surface area contributed by atoms with Crippen LogP contribution in [0.25, 0.3) is 0 Å². The number of carbonyl (C=O) groups is 1. The standard InChI is InChI=1S/C18H28N2O2S/c1-14-8-10-23-11-9-20(14)18(22)19-13-17(12-15(2)21)16-6-4-3-5-7-16/h3-7,14-15,17,21H,8-13H2,1-2H3,(H,19,22). The molecule has 1 saturated heterocycles. The summed E-state index contributed by atoms with van der Waals surface area (Å²) < 4.78 is 0. The fourth-order valence-corrected chi connectivity index (χ4v) is 4.02. The van der Waals surface area contributed by atoms with Crippen molar-refractivity contribution in [2.24, 2.45) is 0 Å². The molecule has 3 atom stereocenters. The van der Waals surface area contributed by atoms with Crippen LogP contribution in [-0.4, -0.2) is 52.8 Å². The van der Waals surface area contributed by atoms with E-state index >= 15 is 0 Å². The molecule has 1 fully saturated rings. The molecule has 0 aromatic heterocycles. The van der Waals surface area contributed by atoms with Crippen LogP contribution < -0.4 is 5.32 Å². The molecule has 2 N–H and O–H groups in total. The smallest absolute Gasteiger partial charge is 0.317 e. The number of nitrogens with zero attached hydrogens (tertiary/aromatic N) is 1. The fraction of sp³-hybridized carbons (Fsp3) is 0.611. The first-order valence-corrected chi connectivity index (χ1v) is 9.58. The van der Waals surface area contributed by atoms with Gasteiger partial charge in [-0.3, -0.25) is 0 Å². The highest BCUT2D eigenvalue weighted by Gasteiger charge is 2.23. The Morgan fingerprint density at radius 2 is 2.13 bits per heavy atom. The lowest BCUT2D eigenvalue weighted by atomic mass is 9.93. The zero-order valence-electron chi connectivity index (χ0n) is 14.1. The summed E-state index contributed by atoms with van der Waals surface area (Å²) in [6.07, 6.45) is 1.31. The van der Waals surface area contributed by atoms with Gasteiger partial charge in [0.25, 0.3) is 0 Å². The Labute approximate surface area is 143 Å². The number of urea groups is 1. The number of rotatable bonds is 5. The van der Waals surface area contributed by atoms with Gasteiger partial charge in [0, 0.05) is 30.8 Å². The molecule has 1 aromatic carbocycles. The zero-order chi connectivity index (χ0) is 16.7. The monoisotopic (exact) mass is 336 g/mol. The topological polar surface area (TPSA) is 52.6 Å². The van der Waals surface area contributed by atoms with Crippen molar-refractivity contribution in [3.05, 3.63) is 35.9 Å². The van der Waals surface area contributed by atoms with Crippen molar-refractivity contribution in [1.82, 2.24) is 10.2 Å². The van der Waals surface area contributed by atoms with Crippen molar-refractivity contribution in [2.75, 3.05) is 24.6 Å². The molecule has 23 heavy (non-hydrogen) atoms. The average Bonchev–Trinajstić information content (AvgIpc) is 2.76. The number of thioether (sulfide) groups is 1. The number of nitrogens with one attached hydrogen (secondary N) is 1. The van der Waals surface area contributed by atoms with Crippen LogP contribution in [0.3, 0.4) is 0 Å². The molecule has 128 valence electrons. The van der Waals surface area contributed by atoms with E-state index in [0.29, 0.717) is 13.0 Å². The van der Waals surface area contributed by atoms with Gasteiger partial charge < -0.3 is 15.3 Å². The lowest BCUT2D eigenvalue weighted by Gasteiger charge is -2.28. The Kier molecular flexibility index (Phi) is 7.24. The minimum absolute atomic E-state index is 0.0199. The maximum absolute atomic E-state index is 12.5. The molecule has 1 heterocycles. The Balaban J connectivity index is 1.95. The minimum Gasteiger partial charge on any atom is -0.393 e. The Hall–Kier alpha value is -1.20. The van der Waals surface area contributed by atoms with Crippen molar-refractivity contribution < 1.29 is 9.90 Å². The number of amides is 2. The van der Waals surface area contributed by atoms with Gasteiger partial charge in [-0.25, -0.2) is 4.79 Å². The third-order valence-electron chi connectivity index (χ3n) is 4.35. The Morgan fingerprint density at radius 1 is 1.39 bits per heavy atom. The molecule has 0 saturated carbocycles. The van der Waals surface area contributed by atoms with E-state index < -0.39 is 0 Å². The van der Waals surface area contributed by atoms with Crippen molar-refractivity contribution in [3.63, 3.8) is 0 Å². The summed E-state index contributed by atoms with van der Waals surface area (Å²) >= 11 is 1.92. The summed E-state index contributed by atoms with van der Waals surface area (Å²) in [7, 11) is 0. The van der Waals surface area contributed by atoms with Gasteiger partial charge in [0.1, 0.15) is 0 Å². The largest absolute Gasteiger partial charge is 0.393 e. The van der Waals surface area contributed by atoms with E-state index in [0.717, 1.165) is 30.0 Å². The van der Waals surface area contributed by atoms with Gasteiger partial charge in [-0.05, 0) is 38.0 Å². The number of benzene rings is 1. The molecule has 1 aliphatic heterocycles. The summed E-state index contributed by atoms with van der Waals surface area (Å²) in [4.78, 5) is 14.5. The second-order valence-electron chi connectivity index (χ2n) is 6.32. The van der Waals surface area contributed by atoms with E-state index in [4.69, 9.17) is 0 Å². The van der Waals surface area contributed by atoms with Crippen LogP contribution in [-0.2, 0) is 0 Å². The molecule has 0 bridgehead atoms. The number of carbonyl (C=O) groups excluding carboxylic acids is 1.